The minimum atomic E-state index is -2.74. The third-order valence-electron chi connectivity index (χ3n) is 6.33. The Hall–Kier alpha value is -4.12. The molecule has 0 aliphatic heterocycles. The molecule has 1 N–H and O–H groups in total. The van der Waals surface area contributed by atoms with Gasteiger partial charge in [-0.05, 0) is 44.5 Å². The van der Waals surface area contributed by atoms with Crippen molar-refractivity contribution in [1.82, 2.24) is 34.3 Å². The van der Waals surface area contributed by atoms with Gasteiger partial charge in [0.15, 0.2) is 5.65 Å². The van der Waals surface area contributed by atoms with E-state index in [0.29, 0.717) is 39.9 Å². The molecule has 196 valence electrons. The van der Waals surface area contributed by atoms with E-state index in [4.69, 9.17) is 11.6 Å². The topological polar surface area (TPSA) is 95.5 Å². The highest BCUT2D eigenvalue weighted by Gasteiger charge is 2.23. The van der Waals surface area contributed by atoms with Crippen LogP contribution in [0.5, 0.6) is 0 Å². The van der Waals surface area contributed by atoms with Gasteiger partial charge in [0.2, 0.25) is 5.91 Å². The van der Waals surface area contributed by atoms with Crippen LogP contribution in [0.3, 0.4) is 0 Å². The van der Waals surface area contributed by atoms with Gasteiger partial charge in [0.25, 0.3) is 6.43 Å². The average Bonchev–Trinajstić information content (AvgIpc) is 3.52. The Morgan fingerprint density at radius 3 is 2.45 bits per heavy atom. The molecule has 38 heavy (non-hydrogen) atoms. The fraction of sp³-hybridized carbons (Fsp3) is 0.269. The van der Waals surface area contributed by atoms with Crippen molar-refractivity contribution in [2.24, 2.45) is 7.05 Å². The van der Waals surface area contributed by atoms with Crippen LogP contribution in [0.2, 0.25) is 5.02 Å². The Balaban J connectivity index is 1.43. The van der Waals surface area contributed by atoms with Gasteiger partial charge >= 0.3 is 0 Å². The van der Waals surface area contributed by atoms with E-state index in [2.05, 4.69) is 25.6 Å². The third kappa shape index (κ3) is 4.89. The Kier molecular flexibility index (Phi) is 6.70. The molecule has 0 atom stereocenters. The maximum absolute atomic E-state index is 14.0. The number of aryl methyl sites for hydroxylation is 3. The predicted octanol–water partition coefficient (Wildman–Crippen LogP) is 5.23. The molecular formula is C26H25ClF2N8O. The zero-order chi connectivity index (χ0) is 27.1. The fourth-order valence-electron chi connectivity index (χ4n) is 4.48. The maximum atomic E-state index is 14.0. The van der Waals surface area contributed by atoms with Crippen LogP contribution in [0, 0.1) is 20.8 Å². The smallest absolute Gasteiger partial charge is 0.264 e. The van der Waals surface area contributed by atoms with E-state index in [1.807, 2.05) is 38.1 Å². The van der Waals surface area contributed by atoms with Crippen molar-refractivity contribution in [2.75, 3.05) is 5.32 Å². The molecule has 0 aliphatic carbocycles. The molecule has 12 heteroatoms. The van der Waals surface area contributed by atoms with Crippen LogP contribution in [0.15, 0.2) is 42.7 Å². The molecule has 0 aliphatic rings. The molecule has 4 heterocycles. The monoisotopic (exact) mass is 538 g/mol. The van der Waals surface area contributed by atoms with Crippen molar-refractivity contribution >= 4 is 34.2 Å². The fourth-order valence-corrected chi connectivity index (χ4v) is 4.61. The van der Waals surface area contributed by atoms with Gasteiger partial charge in [0.05, 0.1) is 46.6 Å². The molecule has 5 rings (SSSR count). The number of alkyl halides is 2. The summed E-state index contributed by atoms with van der Waals surface area (Å²) in [5, 5.41) is 16.8. The molecule has 1 amide bonds. The molecule has 0 saturated heterocycles. The molecule has 0 bridgehead atoms. The lowest BCUT2D eigenvalue weighted by atomic mass is 10.1. The number of amides is 1. The number of nitrogens with zero attached hydrogens (tertiary/aromatic N) is 7. The Bertz CT molecular complexity index is 1650. The predicted molar refractivity (Wildman–Crippen MR) is 140 cm³/mol. The minimum absolute atomic E-state index is 0.187. The number of hydrogen-bond acceptors (Lipinski definition) is 5. The highest BCUT2D eigenvalue weighted by molar-refractivity contribution is 6.30. The van der Waals surface area contributed by atoms with Crippen molar-refractivity contribution in [2.45, 2.75) is 40.3 Å². The van der Waals surface area contributed by atoms with E-state index in [1.54, 1.807) is 35.7 Å². The average molecular weight is 539 g/mol. The largest absolute Gasteiger partial charge is 0.321 e. The van der Waals surface area contributed by atoms with E-state index in [1.165, 1.54) is 10.7 Å². The van der Waals surface area contributed by atoms with Crippen LogP contribution in [0.25, 0.3) is 22.3 Å². The van der Waals surface area contributed by atoms with Gasteiger partial charge in [-0.3, -0.25) is 14.2 Å². The van der Waals surface area contributed by atoms with Crippen LogP contribution in [0.4, 0.5) is 14.5 Å². The molecule has 0 radical (unpaired) electrons. The number of fused-ring (bicyclic) bond motifs is 1. The summed E-state index contributed by atoms with van der Waals surface area (Å²) in [7, 11) is 1.73. The summed E-state index contributed by atoms with van der Waals surface area (Å²) in [4.78, 5) is 17.7. The standard InChI is InChI=1S/C26H25ClF2N8O/c1-14-23-20(25(28)29)9-21(18-10-30-35(4)12-18)31-26(23)37(33-14)13-22(38)32-24-15(2)34-36(16(24)3)11-17-5-7-19(27)8-6-17/h5-10,12,25H,11,13H2,1-4H3,(H,32,38). The first-order valence-corrected chi connectivity index (χ1v) is 12.2. The van der Waals surface area contributed by atoms with Gasteiger partial charge in [-0.25, -0.2) is 18.4 Å². The maximum Gasteiger partial charge on any atom is 0.264 e. The number of carbonyl (C=O) groups is 1. The van der Waals surface area contributed by atoms with Crippen molar-refractivity contribution in [1.29, 1.82) is 0 Å². The molecule has 0 fully saturated rings. The van der Waals surface area contributed by atoms with E-state index in [0.717, 1.165) is 11.3 Å². The summed E-state index contributed by atoms with van der Waals surface area (Å²) in [5.41, 5.74) is 4.36. The zero-order valence-electron chi connectivity index (χ0n) is 21.2. The Labute approximate surface area is 222 Å². The van der Waals surface area contributed by atoms with E-state index < -0.39 is 6.43 Å². The second-order valence-corrected chi connectivity index (χ2v) is 9.56. The van der Waals surface area contributed by atoms with Gasteiger partial charge in [0, 0.05) is 29.4 Å². The summed E-state index contributed by atoms with van der Waals surface area (Å²) >= 11 is 5.98. The number of aromatic nitrogens is 7. The van der Waals surface area contributed by atoms with Crippen molar-refractivity contribution < 1.29 is 13.6 Å². The number of nitrogens with one attached hydrogen (secondary N) is 1. The van der Waals surface area contributed by atoms with Gasteiger partial charge < -0.3 is 5.32 Å². The highest BCUT2D eigenvalue weighted by Crippen LogP contribution is 2.33. The lowest BCUT2D eigenvalue weighted by molar-refractivity contribution is -0.116. The lowest BCUT2D eigenvalue weighted by Crippen LogP contribution is -2.20. The molecule has 1 aromatic carbocycles. The SMILES string of the molecule is Cc1nn(Cc2ccc(Cl)cc2)c(C)c1NC(=O)Cn1nc(C)c2c(C(F)F)cc(-c3cnn(C)c3)nc21. The molecule has 5 aromatic rings. The third-order valence-corrected chi connectivity index (χ3v) is 6.58. The molecule has 0 saturated carbocycles. The zero-order valence-corrected chi connectivity index (χ0v) is 22.0. The van der Waals surface area contributed by atoms with Crippen LogP contribution in [-0.2, 0) is 24.9 Å². The number of halogens is 3. The number of carbonyl (C=O) groups excluding carboxylic acids is 1. The van der Waals surface area contributed by atoms with Crippen LogP contribution < -0.4 is 5.32 Å². The van der Waals surface area contributed by atoms with Gasteiger partial charge in [0.1, 0.15) is 6.54 Å². The summed E-state index contributed by atoms with van der Waals surface area (Å²) in [5.74, 6) is -0.376. The van der Waals surface area contributed by atoms with Crippen LogP contribution in [-0.4, -0.2) is 40.2 Å². The highest BCUT2D eigenvalue weighted by atomic mass is 35.5. The molecular weight excluding hydrogens is 514 g/mol. The van der Waals surface area contributed by atoms with Crippen molar-refractivity contribution in [3.05, 3.63) is 76.0 Å². The normalized spacial score (nSPS) is 11.6. The van der Waals surface area contributed by atoms with E-state index in [-0.39, 0.29) is 29.0 Å². The van der Waals surface area contributed by atoms with Crippen LogP contribution >= 0.6 is 11.6 Å². The van der Waals surface area contributed by atoms with Gasteiger partial charge in [-0.15, -0.1) is 0 Å². The first-order chi connectivity index (χ1) is 18.1. The van der Waals surface area contributed by atoms with E-state index in [9.17, 15) is 13.6 Å². The Morgan fingerprint density at radius 2 is 1.79 bits per heavy atom. The van der Waals surface area contributed by atoms with Gasteiger partial charge in [-0.1, -0.05) is 23.7 Å². The van der Waals surface area contributed by atoms with Gasteiger partial charge in [-0.2, -0.15) is 15.3 Å². The minimum Gasteiger partial charge on any atom is -0.321 e. The number of benzene rings is 1. The second-order valence-electron chi connectivity index (χ2n) is 9.12. The summed E-state index contributed by atoms with van der Waals surface area (Å²) in [6.45, 7) is 5.61. The summed E-state index contributed by atoms with van der Waals surface area (Å²) < 4.78 is 32.8. The number of rotatable bonds is 7. The number of hydrogen-bond donors (Lipinski definition) is 1. The summed E-state index contributed by atoms with van der Waals surface area (Å²) in [6.07, 6.45) is 0.506. The summed E-state index contributed by atoms with van der Waals surface area (Å²) in [6, 6.07) is 8.82. The van der Waals surface area contributed by atoms with Crippen molar-refractivity contribution in [3.63, 3.8) is 0 Å². The second kappa shape index (κ2) is 9.97. The first kappa shape index (κ1) is 25.5. The number of anilines is 1. The lowest BCUT2D eigenvalue weighted by Gasteiger charge is -2.09. The molecule has 9 nitrogen and oxygen atoms in total. The van der Waals surface area contributed by atoms with E-state index >= 15 is 0 Å². The first-order valence-electron chi connectivity index (χ1n) is 11.8. The number of pyridine rings is 1. The quantitative estimate of drug-likeness (QED) is 0.306. The molecule has 4 aromatic heterocycles. The van der Waals surface area contributed by atoms with Crippen LogP contribution in [0.1, 0.15) is 34.6 Å². The van der Waals surface area contributed by atoms with Crippen molar-refractivity contribution in [3.8, 4) is 11.3 Å². The molecule has 0 unspecified atom stereocenters. The molecule has 0 spiro atoms. The Morgan fingerprint density at radius 1 is 1.08 bits per heavy atom.